The van der Waals surface area contributed by atoms with E-state index in [4.69, 9.17) is 5.11 Å². The van der Waals surface area contributed by atoms with Crippen LogP contribution in [0.4, 0.5) is 0 Å². The Morgan fingerprint density at radius 1 is 1.64 bits per heavy atom. The predicted molar refractivity (Wildman–Crippen MR) is 40.1 cm³/mol. The van der Waals surface area contributed by atoms with Crippen molar-refractivity contribution >= 4 is 41.5 Å². The SMILES string of the molecule is C=CC(=O)OC(=O)C(C)O.[NaH]. The van der Waals surface area contributed by atoms with Gasteiger partial charge in [-0.2, -0.15) is 0 Å². The number of hydrogen-bond donors (Lipinski definition) is 1. The normalized spacial score (nSPS) is 10.7. The Balaban J connectivity index is 0. The van der Waals surface area contributed by atoms with Crippen LogP contribution in [0, 0.1) is 0 Å². The van der Waals surface area contributed by atoms with Gasteiger partial charge in [0.15, 0.2) is 0 Å². The van der Waals surface area contributed by atoms with Crippen molar-refractivity contribution in [3.05, 3.63) is 12.7 Å². The quantitative estimate of drug-likeness (QED) is 0.248. The van der Waals surface area contributed by atoms with Gasteiger partial charge in [-0.25, -0.2) is 9.59 Å². The Morgan fingerprint density at radius 2 is 2.09 bits per heavy atom. The Bertz CT molecular complexity index is 164. The molecule has 0 aromatic carbocycles. The van der Waals surface area contributed by atoms with Gasteiger partial charge in [-0.05, 0) is 6.92 Å². The summed E-state index contributed by atoms with van der Waals surface area (Å²) in [5.41, 5.74) is 0. The molecular formula is C6H9NaO4. The van der Waals surface area contributed by atoms with Crippen molar-refractivity contribution in [3.63, 3.8) is 0 Å². The number of hydrogen-bond acceptors (Lipinski definition) is 4. The van der Waals surface area contributed by atoms with Gasteiger partial charge in [0.1, 0.15) is 6.10 Å². The number of rotatable bonds is 2. The molecule has 0 aromatic rings. The molecule has 4 nitrogen and oxygen atoms in total. The zero-order chi connectivity index (χ0) is 8.15. The van der Waals surface area contributed by atoms with E-state index in [1.165, 1.54) is 6.92 Å². The van der Waals surface area contributed by atoms with E-state index in [-0.39, 0.29) is 29.6 Å². The molecule has 1 atom stereocenters. The van der Waals surface area contributed by atoms with E-state index >= 15 is 0 Å². The summed E-state index contributed by atoms with van der Waals surface area (Å²) in [6.07, 6.45) is -0.427. The molecule has 0 aromatic heterocycles. The van der Waals surface area contributed by atoms with Crippen molar-refractivity contribution in [1.82, 2.24) is 0 Å². The van der Waals surface area contributed by atoms with Gasteiger partial charge in [0.05, 0.1) is 0 Å². The number of ether oxygens (including phenoxy) is 1. The number of carbonyl (C=O) groups is 2. The fourth-order valence-electron chi connectivity index (χ4n) is 0.226. The first-order valence-corrected chi connectivity index (χ1v) is 2.64. The Morgan fingerprint density at radius 3 is 2.36 bits per heavy atom. The van der Waals surface area contributed by atoms with Crippen LogP contribution in [0.25, 0.3) is 0 Å². The molecule has 0 aliphatic rings. The fraction of sp³-hybridized carbons (Fsp3) is 0.333. The molecule has 5 heteroatoms. The molecule has 0 fully saturated rings. The van der Waals surface area contributed by atoms with Crippen molar-refractivity contribution in [1.29, 1.82) is 0 Å². The van der Waals surface area contributed by atoms with Crippen LogP contribution >= 0.6 is 0 Å². The third-order valence-corrected chi connectivity index (χ3v) is 0.709. The monoisotopic (exact) mass is 168 g/mol. The molecule has 0 saturated carbocycles. The summed E-state index contributed by atoms with van der Waals surface area (Å²) in [7, 11) is 0. The van der Waals surface area contributed by atoms with Gasteiger partial charge < -0.3 is 9.84 Å². The maximum atomic E-state index is 10.4. The van der Waals surface area contributed by atoms with Crippen molar-refractivity contribution in [2.45, 2.75) is 13.0 Å². The summed E-state index contributed by atoms with van der Waals surface area (Å²) >= 11 is 0. The first-order valence-electron chi connectivity index (χ1n) is 2.64. The Hall–Kier alpha value is -0.160. The predicted octanol–water partition coefficient (Wildman–Crippen LogP) is -1.03. The number of esters is 2. The molecule has 0 aliphatic heterocycles. The second-order valence-electron chi connectivity index (χ2n) is 1.62. The first-order chi connectivity index (χ1) is 4.57. The minimum atomic E-state index is -1.27. The van der Waals surface area contributed by atoms with E-state index in [1.807, 2.05) is 0 Å². The van der Waals surface area contributed by atoms with Crippen LogP contribution in [0.3, 0.4) is 0 Å². The molecule has 0 rings (SSSR count). The van der Waals surface area contributed by atoms with Crippen molar-refractivity contribution in [2.75, 3.05) is 0 Å². The average molecular weight is 168 g/mol. The molecule has 0 saturated heterocycles. The van der Waals surface area contributed by atoms with Crippen LogP contribution in [0.1, 0.15) is 6.92 Å². The average Bonchev–Trinajstić information content (AvgIpc) is 1.87. The van der Waals surface area contributed by atoms with Gasteiger partial charge in [0.2, 0.25) is 0 Å². The molecule has 0 amide bonds. The molecule has 1 N–H and O–H groups in total. The molecule has 0 aliphatic carbocycles. The van der Waals surface area contributed by atoms with Crippen molar-refractivity contribution in [2.24, 2.45) is 0 Å². The van der Waals surface area contributed by atoms with Crippen LogP contribution < -0.4 is 0 Å². The second kappa shape index (κ2) is 6.54. The third-order valence-electron chi connectivity index (χ3n) is 0.709. The third kappa shape index (κ3) is 6.25. The van der Waals surface area contributed by atoms with Crippen LogP contribution in [-0.4, -0.2) is 52.7 Å². The van der Waals surface area contributed by atoms with Crippen LogP contribution in [0.2, 0.25) is 0 Å². The summed E-state index contributed by atoms with van der Waals surface area (Å²) < 4.78 is 4.02. The Kier molecular flexibility index (Phi) is 7.99. The molecule has 0 heterocycles. The van der Waals surface area contributed by atoms with Crippen molar-refractivity contribution in [3.8, 4) is 0 Å². The summed E-state index contributed by atoms with van der Waals surface area (Å²) in [6, 6.07) is 0. The van der Waals surface area contributed by atoms with Gasteiger partial charge in [0, 0.05) is 6.08 Å². The summed E-state index contributed by atoms with van der Waals surface area (Å²) in [5, 5.41) is 8.50. The van der Waals surface area contributed by atoms with Crippen LogP contribution in [0.5, 0.6) is 0 Å². The van der Waals surface area contributed by atoms with E-state index in [2.05, 4.69) is 11.3 Å². The van der Waals surface area contributed by atoms with E-state index in [1.54, 1.807) is 0 Å². The molecule has 0 radical (unpaired) electrons. The van der Waals surface area contributed by atoms with E-state index in [9.17, 15) is 9.59 Å². The van der Waals surface area contributed by atoms with Crippen LogP contribution in [0.15, 0.2) is 12.7 Å². The van der Waals surface area contributed by atoms with Gasteiger partial charge in [0.25, 0.3) is 0 Å². The van der Waals surface area contributed by atoms with Crippen LogP contribution in [-0.2, 0) is 14.3 Å². The molecule has 11 heavy (non-hydrogen) atoms. The zero-order valence-corrected chi connectivity index (χ0v) is 5.53. The number of aliphatic hydroxyl groups is 1. The van der Waals surface area contributed by atoms with E-state index in [0.29, 0.717) is 0 Å². The number of aliphatic hydroxyl groups excluding tert-OH is 1. The fourth-order valence-corrected chi connectivity index (χ4v) is 0.226. The van der Waals surface area contributed by atoms with E-state index < -0.39 is 18.0 Å². The van der Waals surface area contributed by atoms with E-state index in [0.717, 1.165) is 6.08 Å². The minimum absolute atomic E-state index is 0. The van der Waals surface area contributed by atoms with Gasteiger partial charge in [-0.3, -0.25) is 0 Å². The molecule has 0 bridgehead atoms. The number of carbonyl (C=O) groups excluding carboxylic acids is 2. The zero-order valence-electron chi connectivity index (χ0n) is 5.53. The summed E-state index contributed by atoms with van der Waals surface area (Å²) in [4.78, 5) is 20.6. The van der Waals surface area contributed by atoms with Gasteiger partial charge in [-0.1, -0.05) is 6.58 Å². The topological polar surface area (TPSA) is 63.6 Å². The van der Waals surface area contributed by atoms with Gasteiger partial charge in [-0.15, -0.1) is 0 Å². The second-order valence-corrected chi connectivity index (χ2v) is 1.62. The molecule has 1 unspecified atom stereocenters. The Labute approximate surface area is 86.5 Å². The summed E-state index contributed by atoms with van der Waals surface area (Å²) in [5.74, 6) is -1.82. The molecule has 0 spiro atoms. The summed E-state index contributed by atoms with van der Waals surface area (Å²) in [6.45, 7) is 4.27. The van der Waals surface area contributed by atoms with Gasteiger partial charge >= 0.3 is 41.5 Å². The molecule has 58 valence electrons. The van der Waals surface area contributed by atoms with Crippen molar-refractivity contribution < 1.29 is 19.4 Å². The standard InChI is InChI=1S/C6H8O4.Na.H/c1-3-5(8)10-6(9)4(2)7;;/h3-4,7H,1H2,2H3;;. The molecular weight excluding hydrogens is 159 g/mol. The first kappa shape index (κ1) is 13.4. The maximum absolute atomic E-state index is 10.4.